The molecule has 0 bridgehead atoms. The molecular formula is C17H22N2O3. The fourth-order valence-corrected chi connectivity index (χ4v) is 3.16. The normalized spacial score (nSPS) is 22.8. The summed E-state index contributed by atoms with van der Waals surface area (Å²) in [5.74, 6) is 0.0437. The first-order chi connectivity index (χ1) is 10.4. The van der Waals surface area contributed by atoms with Gasteiger partial charge in [-0.25, -0.2) is 0 Å². The molecule has 22 heavy (non-hydrogen) atoms. The van der Waals surface area contributed by atoms with Crippen molar-refractivity contribution in [3.05, 3.63) is 34.9 Å². The number of carbonyl (C=O) groups excluding carboxylic acids is 2. The lowest BCUT2D eigenvalue weighted by Crippen LogP contribution is -2.62. The number of amides is 2. The molecular weight excluding hydrogens is 280 g/mol. The Balaban J connectivity index is 1.62. The number of benzene rings is 1. The maximum absolute atomic E-state index is 12.3. The SMILES string of the molecule is CC1(C)NC(=O)CCC1NC(=O)Cc1ccc2c(c1)COC2. The first-order valence-corrected chi connectivity index (χ1v) is 7.73. The van der Waals surface area contributed by atoms with Crippen LogP contribution in [0.15, 0.2) is 18.2 Å². The van der Waals surface area contributed by atoms with E-state index in [-0.39, 0.29) is 17.9 Å². The van der Waals surface area contributed by atoms with Crippen LogP contribution < -0.4 is 10.6 Å². The monoisotopic (exact) mass is 302 g/mol. The molecule has 0 spiro atoms. The van der Waals surface area contributed by atoms with E-state index < -0.39 is 5.54 Å². The number of rotatable bonds is 3. The third-order valence-corrected chi connectivity index (χ3v) is 4.48. The van der Waals surface area contributed by atoms with Crippen LogP contribution in [-0.2, 0) is 34.0 Å². The molecule has 3 rings (SSSR count). The number of carbonyl (C=O) groups is 2. The van der Waals surface area contributed by atoms with Gasteiger partial charge in [-0.15, -0.1) is 0 Å². The average Bonchev–Trinajstić information content (AvgIpc) is 2.89. The summed E-state index contributed by atoms with van der Waals surface area (Å²) in [5.41, 5.74) is 2.98. The van der Waals surface area contributed by atoms with Crippen molar-refractivity contribution in [1.82, 2.24) is 10.6 Å². The van der Waals surface area contributed by atoms with Crippen molar-refractivity contribution in [1.29, 1.82) is 0 Å². The fraction of sp³-hybridized carbons (Fsp3) is 0.529. The van der Waals surface area contributed by atoms with Crippen LogP contribution in [0.4, 0.5) is 0 Å². The molecule has 5 heteroatoms. The van der Waals surface area contributed by atoms with Crippen molar-refractivity contribution in [3.63, 3.8) is 0 Å². The maximum Gasteiger partial charge on any atom is 0.224 e. The predicted octanol–water partition coefficient (Wildman–Crippen LogP) is 1.43. The highest BCUT2D eigenvalue weighted by atomic mass is 16.5. The Morgan fingerprint density at radius 2 is 2.14 bits per heavy atom. The van der Waals surface area contributed by atoms with E-state index in [0.717, 1.165) is 5.56 Å². The number of fused-ring (bicyclic) bond motifs is 1. The van der Waals surface area contributed by atoms with Crippen LogP contribution >= 0.6 is 0 Å². The van der Waals surface area contributed by atoms with Crippen LogP contribution in [-0.4, -0.2) is 23.4 Å². The van der Waals surface area contributed by atoms with Crippen LogP contribution in [0, 0.1) is 0 Å². The molecule has 1 fully saturated rings. The second kappa shape index (κ2) is 5.72. The molecule has 1 aromatic carbocycles. The van der Waals surface area contributed by atoms with Crippen molar-refractivity contribution < 1.29 is 14.3 Å². The lowest BCUT2D eigenvalue weighted by molar-refractivity contribution is -0.128. The Hall–Kier alpha value is -1.88. The molecule has 1 atom stereocenters. The standard InChI is InChI=1S/C17H22N2O3/c1-17(2)14(5-6-15(20)19-17)18-16(21)8-11-3-4-12-9-22-10-13(12)7-11/h3-4,7,14H,5-6,8-10H2,1-2H3,(H,18,21)(H,19,20). The smallest absolute Gasteiger partial charge is 0.224 e. The first kappa shape index (κ1) is 15.0. The molecule has 1 aromatic rings. The van der Waals surface area contributed by atoms with Crippen LogP contribution in [0.3, 0.4) is 0 Å². The molecule has 0 saturated carbocycles. The quantitative estimate of drug-likeness (QED) is 0.887. The van der Waals surface area contributed by atoms with E-state index in [0.29, 0.717) is 32.5 Å². The van der Waals surface area contributed by atoms with Gasteiger partial charge < -0.3 is 15.4 Å². The minimum absolute atomic E-state index is 0.00640. The Bertz CT molecular complexity index is 610. The number of hydrogen-bond acceptors (Lipinski definition) is 3. The van der Waals surface area contributed by atoms with E-state index >= 15 is 0 Å². The summed E-state index contributed by atoms with van der Waals surface area (Å²) >= 11 is 0. The molecule has 1 saturated heterocycles. The zero-order chi connectivity index (χ0) is 15.7. The number of ether oxygens (including phenoxy) is 1. The summed E-state index contributed by atoms with van der Waals surface area (Å²) in [6, 6.07) is 6.04. The number of nitrogens with one attached hydrogen (secondary N) is 2. The van der Waals surface area contributed by atoms with Gasteiger partial charge >= 0.3 is 0 Å². The third kappa shape index (κ3) is 3.14. The average molecular weight is 302 g/mol. The summed E-state index contributed by atoms with van der Waals surface area (Å²) in [6.07, 6.45) is 1.50. The first-order valence-electron chi connectivity index (χ1n) is 7.73. The highest BCUT2D eigenvalue weighted by Crippen LogP contribution is 2.22. The van der Waals surface area contributed by atoms with Crippen LogP contribution in [0.2, 0.25) is 0 Å². The minimum Gasteiger partial charge on any atom is -0.372 e. The Labute approximate surface area is 130 Å². The molecule has 0 aromatic heterocycles. The van der Waals surface area contributed by atoms with Crippen molar-refractivity contribution in [2.45, 2.75) is 57.9 Å². The van der Waals surface area contributed by atoms with E-state index in [9.17, 15) is 9.59 Å². The van der Waals surface area contributed by atoms with Gasteiger partial charge in [-0.2, -0.15) is 0 Å². The van der Waals surface area contributed by atoms with E-state index in [4.69, 9.17) is 4.74 Å². The van der Waals surface area contributed by atoms with Crippen molar-refractivity contribution >= 4 is 11.8 Å². The van der Waals surface area contributed by atoms with Crippen LogP contribution in [0.5, 0.6) is 0 Å². The van der Waals surface area contributed by atoms with Gasteiger partial charge in [0.25, 0.3) is 0 Å². The van der Waals surface area contributed by atoms with Gasteiger partial charge in [0, 0.05) is 6.42 Å². The van der Waals surface area contributed by atoms with Gasteiger partial charge in [0.15, 0.2) is 0 Å². The minimum atomic E-state index is -0.406. The van der Waals surface area contributed by atoms with E-state index in [1.807, 2.05) is 26.0 Å². The van der Waals surface area contributed by atoms with Crippen molar-refractivity contribution in [2.24, 2.45) is 0 Å². The second-order valence-electron chi connectivity index (χ2n) is 6.70. The Morgan fingerprint density at radius 1 is 1.36 bits per heavy atom. The molecule has 2 aliphatic rings. The second-order valence-corrected chi connectivity index (χ2v) is 6.70. The third-order valence-electron chi connectivity index (χ3n) is 4.48. The van der Waals surface area contributed by atoms with E-state index in [1.165, 1.54) is 11.1 Å². The molecule has 2 aliphatic heterocycles. The Morgan fingerprint density at radius 3 is 2.91 bits per heavy atom. The molecule has 5 nitrogen and oxygen atoms in total. The molecule has 2 N–H and O–H groups in total. The summed E-state index contributed by atoms with van der Waals surface area (Å²) in [7, 11) is 0. The summed E-state index contributed by atoms with van der Waals surface area (Å²) in [5, 5.41) is 6.00. The maximum atomic E-state index is 12.3. The van der Waals surface area contributed by atoms with Gasteiger partial charge in [0.05, 0.1) is 31.2 Å². The molecule has 2 amide bonds. The van der Waals surface area contributed by atoms with Crippen molar-refractivity contribution in [3.8, 4) is 0 Å². The lowest BCUT2D eigenvalue weighted by Gasteiger charge is -2.39. The number of piperidine rings is 1. The fourth-order valence-electron chi connectivity index (χ4n) is 3.16. The lowest BCUT2D eigenvalue weighted by atomic mass is 9.86. The van der Waals surface area contributed by atoms with Crippen LogP contribution in [0.25, 0.3) is 0 Å². The summed E-state index contributed by atoms with van der Waals surface area (Å²) < 4.78 is 5.39. The largest absolute Gasteiger partial charge is 0.372 e. The molecule has 2 heterocycles. The summed E-state index contributed by atoms with van der Waals surface area (Å²) in [4.78, 5) is 23.8. The topological polar surface area (TPSA) is 67.4 Å². The molecule has 118 valence electrons. The van der Waals surface area contributed by atoms with E-state index in [2.05, 4.69) is 16.7 Å². The molecule has 1 unspecified atom stereocenters. The highest BCUT2D eigenvalue weighted by Gasteiger charge is 2.36. The van der Waals surface area contributed by atoms with Gasteiger partial charge in [0.2, 0.25) is 11.8 Å². The highest BCUT2D eigenvalue weighted by molar-refractivity contribution is 5.81. The predicted molar refractivity (Wildman–Crippen MR) is 82.0 cm³/mol. The number of hydrogen-bond donors (Lipinski definition) is 2. The zero-order valence-electron chi connectivity index (χ0n) is 13.1. The van der Waals surface area contributed by atoms with Gasteiger partial charge in [-0.1, -0.05) is 18.2 Å². The van der Waals surface area contributed by atoms with Gasteiger partial charge in [-0.3, -0.25) is 9.59 Å². The van der Waals surface area contributed by atoms with E-state index in [1.54, 1.807) is 0 Å². The van der Waals surface area contributed by atoms with Gasteiger partial charge in [0.1, 0.15) is 0 Å². The van der Waals surface area contributed by atoms with Crippen LogP contribution in [0.1, 0.15) is 43.4 Å². The van der Waals surface area contributed by atoms with Crippen molar-refractivity contribution in [2.75, 3.05) is 0 Å². The molecule has 0 radical (unpaired) electrons. The zero-order valence-corrected chi connectivity index (χ0v) is 13.1. The molecule has 0 aliphatic carbocycles. The van der Waals surface area contributed by atoms with Gasteiger partial charge in [-0.05, 0) is 37.0 Å². The Kier molecular flexibility index (Phi) is 3.91. The summed E-state index contributed by atoms with van der Waals surface area (Å²) in [6.45, 7) is 5.19.